The smallest absolute Gasteiger partial charge is 0.268 e. The van der Waals surface area contributed by atoms with Crippen LogP contribution >= 0.6 is 15.9 Å². The van der Waals surface area contributed by atoms with Crippen LogP contribution in [0, 0.1) is 0 Å². The van der Waals surface area contributed by atoms with Crippen LogP contribution in [0.3, 0.4) is 0 Å². The molecular formula is C17H22BrN3O3. The number of ether oxygens (including phenoxy) is 1. The lowest BCUT2D eigenvalue weighted by Gasteiger charge is -2.26. The standard InChI is InChI=1S/C17H22BrN3O3/c1-2-5-21-13-12-16(18)24-15(13)11-14(21)17(22)19-4-3-6-20-7-9-23-10-8-20/h2,11-12H,1,3-10H2,(H,19,22). The van der Waals surface area contributed by atoms with Gasteiger partial charge in [0.1, 0.15) is 5.69 Å². The summed E-state index contributed by atoms with van der Waals surface area (Å²) < 4.78 is 13.5. The summed E-state index contributed by atoms with van der Waals surface area (Å²) >= 11 is 3.32. The molecule has 0 unspecified atom stereocenters. The fourth-order valence-electron chi connectivity index (χ4n) is 2.95. The van der Waals surface area contributed by atoms with Crippen molar-refractivity contribution in [2.24, 2.45) is 0 Å². The molecule has 1 fully saturated rings. The molecule has 0 radical (unpaired) electrons. The van der Waals surface area contributed by atoms with Gasteiger partial charge in [0.25, 0.3) is 5.91 Å². The summed E-state index contributed by atoms with van der Waals surface area (Å²) in [5.74, 6) is -0.0821. The minimum absolute atomic E-state index is 0.0821. The van der Waals surface area contributed by atoms with Crippen molar-refractivity contribution >= 4 is 32.9 Å². The lowest BCUT2D eigenvalue weighted by molar-refractivity contribution is 0.0374. The Balaban J connectivity index is 1.57. The minimum Gasteiger partial charge on any atom is -0.448 e. The summed E-state index contributed by atoms with van der Waals surface area (Å²) in [5.41, 5.74) is 2.19. The van der Waals surface area contributed by atoms with E-state index in [1.807, 2.05) is 10.6 Å². The third-order valence-electron chi connectivity index (χ3n) is 4.14. The molecule has 2 aromatic heterocycles. The average molecular weight is 396 g/mol. The van der Waals surface area contributed by atoms with Crippen molar-refractivity contribution in [2.45, 2.75) is 13.0 Å². The van der Waals surface area contributed by atoms with Gasteiger partial charge < -0.3 is 19.0 Å². The highest BCUT2D eigenvalue weighted by Crippen LogP contribution is 2.27. The number of carbonyl (C=O) groups excluding carboxylic acids is 1. The largest absolute Gasteiger partial charge is 0.448 e. The van der Waals surface area contributed by atoms with E-state index in [-0.39, 0.29) is 5.91 Å². The first-order chi connectivity index (χ1) is 11.7. The fraction of sp³-hybridized carbons (Fsp3) is 0.471. The van der Waals surface area contributed by atoms with Crippen LogP contribution in [0.15, 0.2) is 33.9 Å². The van der Waals surface area contributed by atoms with Gasteiger partial charge in [0.05, 0.1) is 18.7 Å². The second-order valence-corrected chi connectivity index (χ2v) is 6.57. The molecule has 6 nitrogen and oxygen atoms in total. The van der Waals surface area contributed by atoms with Gasteiger partial charge in [-0.3, -0.25) is 9.69 Å². The van der Waals surface area contributed by atoms with Crippen LogP contribution in [0.4, 0.5) is 0 Å². The SMILES string of the molecule is C=CCn1c(C(=O)NCCCN2CCOCC2)cc2oc(Br)cc21. The fourth-order valence-corrected chi connectivity index (χ4v) is 3.34. The van der Waals surface area contributed by atoms with E-state index in [9.17, 15) is 4.79 Å². The molecule has 1 saturated heterocycles. The number of morpholine rings is 1. The molecule has 7 heteroatoms. The van der Waals surface area contributed by atoms with Crippen molar-refractivity contribution in [2.75, 3.05) is 39.4 Å². The number of hydrogen-bond acceptors (Lipinski definition) is 4. The molecule has 24 heavy (non-hydrogen) atoms. The molecule has 1 aliphatic heterocycles. The number of allylic oxidation sites excluding steroid dienone is 1. The van der Waals surface area contributed by atoms with Crippen LogP contribution in [0.5, 0.6) is 0 Å². The van der Waals surface area contributed by atoms with Gasteiger partial charge in [0.15, 0.2) is 10.3 Å². The Hall–Kier alpha value is -1.57. The molecule has 1 amide bonds. The highest BCUT2D eigenvalue weighted by Gasteiger charge is 2.18. The Morgan fingerprint density at radius 2 is 2.17 bits per heavy atom. The topological polar surface area (TPSA) is 59.6 Å². The van der Waals surface area contributed by atoms with Crippen molar-refractivity contribution in [1.29, 1.82) is 0 Å². The quantitative estimate of drug-likeness (QED) is 0.578. The van der Waals surface area contributed by atoms with Crippen molar-refractivity contribution < 1.29 is 13.9 Å². The number of hydrogen-bond donors (Lipinski definition) is 1. The lowest BCUT2D eigenvalue weighted by Crippen LogP contribution is -2.38. The molecule has 1 N–H and O–H groups in total. The van der Waals surface area contributed by atoms with Gasteiger partial charge in [-0.05, 0) is 28.9 Å². The number of rotatable bonds is 7. The van der Waals surface area contributed by atoms with E-state index in [0.717, 1.165) is 44.8 Å². The summed E-state index contributed by atoms with van der Waals surface area (Å²) in [5, 5.41) is 3.00. The van der Waals surface area contributed by atoms with Gasteiger partial charge in [0, 0.05) is 38.3 Å². The molecule has 3 rings (SSSR count). The van der Waals surface area contributed by atoms with Gasteiger partial charge in [-0.1, -0.05) is 6.08 Å². The van der Waals surface area contributed by atoms with E-state index in [2.05, 4.69) is 32.7 Å². The average Bonchev–Trinajstić information content (AvgIpc) is 3.10. The van der Waals surface area contributed by atoms with E-state index in [4.69, 9.17) is 9.15 Å². The number of fused-ring (bicyclic) bond motifs is 1. The number of furan rings is 1. The van der Waals surface area contributed by atoms with Gasteiger partial charge >= 0.3 is 0 Å². The zero-order valence-electron chi connectivity index (χ0n) is 13.6. The van der Waals surface area contributed by atoms with Crippen molar-refractivity contribution in [3.05, 3.63) is 35.2 Å². The molecule has 0 spiro atoms. The van der Waals surface area contributed by atoms with Crippen molar-refractivity contribution in [1.82, 2.24) is 14.8 Å². The lowest BCUT2D eigenvalue weighted by atomic mass is 10.3. The predicted molar refractivity (Wildman–Crippen MR) is 96.3 cm³/mol. The molecule has 0 bridgehead atoms. The van der Waals surface area contributed by atoms with Crippen LogP contribution in [-0.4, -0.2) is 54.8 Å². The summed E-state index contributed by atoms with van der Waals surface area (Å²) in [6, 6.07) is 3.65. The number of carbonyl (C=O) groups is 1. The molecule has 2 aromatic rings. The van der Waals surface area contributed by atoms with Crippen LogP contribution in [-0.2, 0) is 11.3 Å². The van der Waals surface area contributed by atoms with Gasteiger partial charge in [-0.2, -0.15) is 0 Å². The number of nitrogens with zero attached hydrogens (tertiary/aromatic N) is 2. The Bertz CT molecular complexity index is 716. The first kappa shape index (κ1) is 17.3. The molecular weight excluding hydrogens is 374 g/mol. The third-order valence-corrected chi connectivity index (χ3v) is 4.53. The van der Waals surface area contributed by atoms with Gasteiger partial charge in [0.2, 0.25) is 0 Å². The van der Waals surface area contributed by atoms with E-state index in [1.54, 1.807) is 12.1 Å². The first-order valence-electron chi connectivity index (χ1n) is 8.17. The third kappa shape index (κ3) is 3.91. The van der Waals surface area contributed by atoms with Gasteiger partial charge in [-0.25, -0.2) is 0 Å². The Kier molecular flexibility index (Phi) is 5.76. The maximum Gasteiger partial charge on any atom is 0.268 e. The summed E-state index contributed by atoms with van der Waals surface area (Å²) in [6.07, 6.45) is 2.70. The number of aromatic nitrogens is 1. The normalized spacial score (nSPS) is 15.7. The second kappa shape index (κ2) is 8.00. The molecule has 0 saturated carbocycles. The molecule has 0 aromatic carbocycles. The van der Waals surface area contributed by atoms with Crippen LogP contribution in [0.1, 0.15) is 16.9 Å². The van der Waals surface area contributed by atoms with Crippen LogP contribution in [0.2, 0.25) is 0 Å². The molecule has 0 aliphatic carbocycles. The first-order valence-corrected chi connectivity index (χ1v) is 8.96. The molecule has 130 valence electrons. The van der Waals surface area contributed by atoms with Crippen molar-refractivity contribution in [3.8, 4) is 0 Å². The Morgan fingerprint density at radius 1 is 1.38 bits per heavy atom. The highest BCUT2D eigenvalue weighted by atomic mass is 79.9. The van der Waals surface area contributed by atoms with E-state index in [0.29, 0.717) is 29.0 Å². The van der Waals surface area contributed by atoms with E-state index < -0.39 is 0 Å². The monoisotopic (exact) mass is 395 g/mol. The zero-order valence-corrected chi connectivity index (χ0v) is 15.2. The zero-order chi connectivity index (χ0) is 16.9. The van der Waals surface area contributed by atoms with Crippen molar-refractivity contribution in [3.63, 3.8) is 0 Å². The number of halogens is 1. The van der Waals surface area contributed by atoms with Crippen LogP contribution < -0.4 is 5.32 Å². The maximum atomic E-state index is 12.5. The summed E-state index contributed by atoms with van der Waals surface area (Å²) in [6.45, 7) is 9.51. The Morgan fingerprint density at radius 3 is 2.92 bits per heavy atom. The van der Waals surface area contributed by atoms with E-state index >= 15 is 0 Å². The number of amides is 1. The van der Waals surface area contributed by atoms with Crippen LogP contribution in [0.25, 0.3) is 11.1 Å². The molecule has 1 aliphatic rings. The van der Waals surface area contributed by atoms with Gasteiger partial charge in [-0.15, -0.1) is 6.58 Å². The van der Waals surface area contributed by atoms with E-state index in [1.165, 1.54) is 0 Å². The Labute approximate surface area is 149 Å². The summed E-state index contributed by atoms with van der Waals surface area (Å²) in [7, 11) is 0. The second-order valence-electron chi connectivity index (χ2n) is 5.79. The molecule has 3 heterocycles. The number of nitrogens with one attached hydrogen (secondary N) is 1. The highest BCUT2D eigenvalue weighted by molar-refractivity contribution is 9.10. The maximum absolute atomic E-state index is 12.5. The minimum atomic E-state index is -0.0821. The summed E-state index contributed by atoms with van der Waals surface area (Å²) in [4.78, 5) is 14.9. The predicted octanol–water partition coefficient (Wildman–Crippen LogP) is 2.63. The molecule has 0 atom stereocenters.